The molecule has 0 spiro atoms. The fourth-order valence-electron chi connectivity index (χ4n) is 5.80. The Labute approximate surface area is 196 Å². The fraction of sp³-hybridized carbons (Fsp3) is 0.520. The number of benzene rings is 2. The van der Waals surface area contributed by atoms with Crippen molar-refractivity contribution < 1.29 is 25.9 Å². The lowest BCUT2D eigenvalue weighted by molar-refractivity contribution is 0.411. The first-order valence-corrected chi connectivity index (χ1v) is 14.6. The largest absolute Gasteiger partial charge is 0.294 e. The molecule has 0 bridgehead atoms. The predicted octanol–water partition coefficient (Wildman–Crippen LogP) is 5.82. The number of rotatable bonds is 8. The Hall–Kier alpha value is -1.74. The molecule has 2 aliphatic rings. The topological polar surface area (TPSA) is 109 Å². The zero-order chi connectivity index (χ0) is 23.6. The van der Waals surface area contributed by atoms with E-state index in [2.05, 4.69) is 0 Å². The van der Waals surface area contributed by atoms with Crippen molar-refractivity contribution in [3.63, 3.8) is 0 Å². The third kappa shape index (κ3) is 6.23. The van der Waals surface area contributed by atoms with Gasteiger partial charge < -0.3 is 0 Å². The first kappa shape index (κ1) is 24.4. The molecule has 4 rings (SSSR count). The molecule has 2 aromatic carbocycles. The van der Waals surface area contributed by atoms with Crippen molar-refractivity contribution in [3.8, 4) is 0 Å². The fourth-order valence-corrected chi connectivity index (χ4v) is 6.76. The molecule has 0 aliphatic heterocycles. The summed E-state index contributed by atoms with van der Waals surface area (Å²) >= 11 is 0. The molecule has 0 radical (unpaired) electrons. The summed E-state index contributed by atoms with van der Waals surface area (Å²) in [6, 6.07) is 13.3. The third-order valence-electron chi connectivity index (χ3n) is 7.61. The van der Waals surface area contributed by atoms with E-state index in [1.807, 2.05) is 24.3 Å². The van der Waals surface area contributed by atoms with Gasteiger partial charge in [-0.1, -0.05) is 43.5 Å². The summed E-state index contributed by atoms with van der Waals surface area (Å²) in [4.78, 5) is -0.102. The molecule has 2 saturated carbocycles. The average Bonchev–Trinajstić information content (AvgIpc) is 3.43. The Morgan fingerprint density at radius 1 is 0.606 bits per heavy atom. The Morgan fingerprint density at radius 2 is 0.970 bits per heavy atom. The molecule has 4 atom stereocenters. The van der Waals surface area contributed by atoms with Gasteiger partial charge in [0.1, 0.15) is 0 Å². The van der Waals surface area contributed by atoms with Gasteiger partial charge in [-0.05, 0) is 97.6 Å². The molecule has 33 heavy (non-hydrogen) atoms. The SMILES string of the molecule is O=S(=O)(O)c1ccc(C2CCC(CCCC3CCC(c4ccc(S(=O)(=O)O)cc4)C3)C2)cc1. The second-order valence-electron chi connectivity index (χ2n) is 9.77. The summed E-state index contributed by atoms with van der Waals surface area (Å²) in [5.41, 5.74) is 2.31. The molecular formula is C25H32O6S2. The van der Waals surface area contributed by atoms with Crippen LogP contribution in [-0.4, -0.2) is 25.9 Å². The van der Waals surface area contributed by atoms with E-state index in [9.17, 15) is 16.8 Å². The third-order valence-corrected chi connectivity index (χ3v) is 9.34. The zero-order valence-electron chi connectivity index (χ0n) is 18.6. The molecule has 2 aromatic rings. The normalized spacial score (nSPS) is 26.0. The van der Waals surface area contributed by atoms with Crippen LogP contribution in [0.25, 0.3) is 0 Å². The van der Waals surface area contributed by atoms with Crippen LogP contribution in [0.2, 0.25) is 0 Å². The summed E-state index contributed by atoms with van der Waals surface area (Å²) in [6.45, 7) is 0. The van der Waals surface area contributed by atoms with Gasteiger partial charge in [0, 0.05) is 0 Å². The van der Waals surface area contributed by atoms with Crippen LogP contribution in [0.1, 0.15) is 80.8 Å². The van der Waals surface area contributed by atoms with Gasteiger partial charge in [-0.25, -0.2) is 0 Å². The first-order chi connectivity index (χ1) is 15.6. The van der Waals surface area contributed by atoms with E-state index in [1.54, 1.807) is 0 Å². The van der Waals surface area contributed by atoms with Crippen LogP contribution in [0.15, 0.2) is 58.3 Å². The van der Waals surface area contributed by atoms with Crippen molar-refractivity contribution in [1.82, 2.24) is 0 Å². The van der Waals surface area contributed by atoms with Crippen LogP contribution >= 0.6 is 0 Å². The van der Waals surface area contributed by atoms with Crippen molar-refractivity contribution in [1.29, 1.82) is 0 Å². The minimum Gasteiger partial charge on any atom is -0.282 e. The van der Waals surface area contributed by atoms with Crippen LogP contribution in [0, 0.1) is 11.8 Å². The molecule has 180 valence electrons. The van der Waals surface area contributed by atoms with Crippen molar-refractivity contribution >= 4 is 20.2 Å². The number of hydrogen-bond acceptors (Lipinski definition) is 4. The van der Waals surface area contributed by atoms with Crippen LogP contribution in [0.5, 0.6) is 0 Å². The molecule has 2 aliphatic carbocycles. The van der Waals surface area contributed by atoms with Crippen LogP contribution < -0.4 is 0 Å². The smallest absolute Gasteiger partial charge is 0.282 e. The lowest BCUT2D eigenvalue weighted by atomic mass is 9.91. The minimum absolute atomic E-state index is 0.0509. The maximum absolute atomic E-state index is 11.2. The molecule has 0 saturated heterocycles. The standard InChI is InChI=1S/C25H32O6S2/c26-32(27,28)24-12-8-20(9-13-24)22-6-4-18(16-22)2-1-3-19-5-7-23(17-19)21-10-14-25(15-11-21)33(29,30)31/h8-15,18-19,22-23H,1-7,16-17H2,(H,26,27,28)(H,29,30,31). The van der Waals surface area contributed by atoms with Crippen molar-refractivity contribution in [2.45, 2.75) is 79.4 Å². The molecule has 2 fully saturated rings. The van der Waals surface area contributed by atoms with Crippen LogP contribution in [0.4, 0.5) is 0 Å². The van der Waals surface area contributed by atoms with Crippen LogP contribution in [-0.2, 0) is 20.2 Å². The Kier molecular flexibility index (Phi) is 7.29. The molecule has 0 aromatic heterocycles. The zero-order valence-corrected chi connectivity index (χ0v) is 20.3. The average molecular weight is 493 g/mol. The van der Waals surface area contributed by atoms with Gasteiger partial charge in [0.05, 0.1) is 9.79 Å². The van der Waals surface area contributed by atoms with E-state index in [1.165, 1.54) is 56.4 Å². The first-order valence-electron chi connectivity index (χ1n) is 11.7. The molecule has 0 amide bonds. The predicted molar refractivity (Wildman–Crippen MR) is 127 cm³/mol. The molecule has 6 nitrogen and oxygen atoms in total. The molecule has 4 unspecified atom stereocenters. The Bertz CT molecular complexity index is 1060. The Balaban J connectivity index is 1.21. The minimum atomic E-state index is -4.14. The van der Waals surface area contributed by atoms with E-state index >= 15 is 0 Å². The highest BCUT2D eigenvalue weighted by atomic mass is 32.2. The highest BCUT2D eigenvalue weighted by Gasteiger charge is 2.28. The molecular weight excluding hydrogens is 460 g/mol. The second-order valence-corrected chi connectivity index (χ2v) is 12.6. The van der Waals surface area contributed by atoms with Crippen molar-refractivity contribution in [2.24, 2.45) is 11.8 Å². The van der Waals surface area contributed by atoms with E-state index in [-0.39, 0.29) is 9.79 Å². The lowest BCUT2D eigenvalue weighted by Crippen LogP contribution is -2.01. The van der Waals surface area contributed by atoms with E-state index in [0.29, 0.717) is 23.7 Å². The summed E-state index contributed by atoms with van der Waals surface area (Å²) in [5, 5.41) is 0. The van der Waals surface area contributed by atoms with Gasteiger partial charge in [-0.2, -0.15) is 16.8 Å². The maximum atomic E-state index is 11.2. The summed E-state index contributed by atoms with van der Waals surface area (Å²) in [6.07, 6.45) is 10.6. The highest BCUT2D eigenvalue weighted by Crippen LogP contribution is 2.43. The molecule has 8 heteroatoms. The number of hydrogen-bond donors (Lipinski definition) is 2. The van der Waals surface area contributed by atoms with Gasteiger partial charge >= 0.3 is 0 Å². The molecule has 2 N–H and O–H groups in total. The van der Waals surface area contributed by atoms with Crippen molar-refractivity contribution in [2.75, 3.05) is 0 Å². The van der Waals surface area contributed by atoms with Gasteiger partial charge in [-0.3, -0.25) is 9.11 Å². The summed E-state index contributed by atoms with van der Waals surface area (Å²) < 4.78 is 63.2. The summed E-state index contributed by atoms with van der Waals surface area (Å²) in [7, 11) is -8.28. The van der Waals surface area contributed by atoms with E-state index in [4.69, 9.17) is 9.11 Å². The van der Waals surface area contributed by atoms with Gasteiger partial charge in [0.2, 0.25) is 0 Å². The van der Waals surface area contributed by atoms with E-state index < -0.39 is 20.2 Å². The monoisotopic (exact) mass is 492 g/mol. The van der Waals surface area contributed by atoms with Gasteiger partial charge in [-0.15, -0.1) is 0 Å². The maximum Gasteiger partial charge on any atom is 0.294 e. The Morgan fingerprint density at radius 3 is 1.30 bits per heavy atom. The molecule has 0 heterocycles. The summed E-state index contributed by atoms with van der Waals surface area (Å²) in [5.74, 6) is 2.35. The van der Waals surface area contributed by atoms with E-state index in [0.717, 1.165) is 36.8 Å². The van der Waals surface area contributed by atoms with Gasteiger partial charge in [0.25, 0.3) is 20.2 Å². The van der Waals surface area contributed by atoms with Crippen LogP contribution in [0.3, 0.4) is 0 Å². The quantitative estimate of drug-likeness (QED) is 0.450. The lowest BCUT2D eigenvalue weighted by Gasteiger charge is -2.15. The van der Waals surface area contributed by atoms with Crippen molar-refractivity contribution in [3.05, 3.63) is 59.7 Å². The highest BCUT2D eigenvalue weighted by molar-refractivity contribution is 7.86. The second kappa shape index (κ2) is 9.86. The van der Waals surface area contributed by atoms with Gasteiger partial charge in [0.15, 0.2) is 0 Å².